The number of rotatable bonds is 7. The lowest BCUT2D eigenvalue weighted by Crippen LogP contribution is -2.34. The summed E-state index contributed by atoms with van der Waals surface area (Å²) >= 11 is 0. The molecule has 1 aromatic rings. The Morgan fingerprint density at radius 3 is 2.64 bits per heavy atom. The van der Waals surface area contributed by atoms with E-state index in [4.69, 9.17) is 4.74 Å². The van der Waals surface area contributed by atoms with Crippen LogP contribution in [0.2, 0.25) is 0 Å². The monoisotopic (exact) mass is 342 g/mol. The number of aliphatic hydroxyl groups is 1. The van der Waals surface area contributed by atoms with E-state index >= 15 is 0 Å². The summed E-state index contributed by atoms with van der Waals surface area (Å²) in [4.78, 5) is 10.9. The molecule has 1 aliphatic rings. The van der Waals surface area contributed by atoms with Gasteiger partial charge in [-0.25, -0.2) is 9.98 Å². The van der Waals surface area contributed by atoms with Crippen LogP contribution in [0.5, 0.6) is 5.75 Å². The number of hydrogen-bond acceptors (Lipinski definition) is 5. The van der Waals surface area contributed by atoms with E-state index in [1.165, 1.54) is 0 Å². The van der Waals surface area contributed by atoms with Crippen molar-refractivity contribution in [2.45, 2.75) is 46.4 Å². The van der Waals surface area contributed by atoms with Crippen molar-refractivity contribution in [2.75, 3.05) is 0 Å². The molecular weight excluding hydrogens is 316 g/mol. The molecule has 2 rings (SSSR count). The molecule has 2 N–H and O–H groups in total. The Balaban J connectivity index is 2.30. The Labute approximate surface area is 149 Å². The smallest absolute Gasteiger partial charge is 0.165 e. The second-order valence-corrected chi connectivity index (χ2v) is 6.02. The summed E-state index contributed by atoms with van der Waals surface area (Å²) in [5.74, 6) is 2.41. The number of para-hydroxylation sites is 1. The second kappa shape index (κ2) is 8.48. The van der Waals surface area contributed by atoms with Gasteiger partial charge in [-0.1, -0.05) is 31.7 Å². The molecular formula is C19H26N4O2. The number of nitrogens with zero attached hydrogens (tertiary/aromatic N) is 3. The minimum absolute atomic E-state index is 0.174. The molecule has 0 fully saturated rings. The van der Waals surface area contributed by atoms with Gasteiger partial charge in [0.15, 0.2) is 5.84 Å². The van der Waals surface area contributed by atoms with Gasteiger partial charge in [-0.3, -0.25) is 0 Å². The average Bonchev–Trinajstić information content (AvgIpc) is 2.99. The highest BCUT2D eigenvalue weighted by Gasteiger charge is 2.26. The van der Waals surface area contributed by atoms with Crippen molar-refractivity contribution in [3.63, 3.8) is 0 Å². The van der Waals surface area contributed by atoms with Gasteiger partial charge >= 0.3 is 0 Å². The van der Waals surface area contributed by atoms with E-state index in [2.05, 4.69) is 35.7 Å². The predicted molar refractivity (Wildman–Crippen MR) is 101 cm³/mol. The van der Waals surface area contributed by atoms with Gasteiger partial charge < -0.3 is 20.1 Å². The van der Waals surface area contributed by atoms with Crippen molar-refractivity contribution in [3.8, 4) is 5.75 Å². The number of ether oxygens (including phenoxy) is 1. The Bertz CT molecular complexity index is 693. The summed E-state index contributed by atoms with van der Waals surface area (Å²) in [5, 5.41) is 12.6. The summed E-state index contributed by atoms with van der Waals surface area (Å²) in [5.41, 5.74) is 0.645. The van der Waals surface area contributed by atoms with Crippen molar-refractivity contribution in [3.05, 3.63) is 54.2 Å². The fourth-order valence-corrected chi connectivity index (χ4v) is 2.26. The molecule has 1 atom stereocenters. The predicted octanol–water partition coefficient (Wildman–Crippen LogP) is 3.24. The number of nitrogens with one attached hydrogen (secondary N) is 1. The van der Waals surface area contributed by atoms with Crippen LogP contribution in [0.4, 0.5) is 0 Å². The van der Waals surface area contributed by atoms with Crippen LogP contribution in [0.1, 0.15) is 34.1 Å². The van der Waals surface area contributed by atoms with E-state index in [1.54, 1.807) is 6.34 Å². The fraction of sp³-hybridized carbons (Fsp3) is 0.368. The molecule has 0 saturated heterocycles. The van der Waals surface area contributed by atoms with Gasteiger partial charge in [0.2, 0.25) is 0 Å². The lowest BCUT2D eigenvalue weighted by atomic mass is 10.3. The van der Waals surface area contributed by atoms with Gasteiger partial charge in [0.05, 0.1) is 6.34 Å². The molecule has 0 amide bonds. The molecule has 6 heteroatoms. The molecule has 0 spiro atoms. The molecule has 0 aromatic heterocycles. The van der Waals surface area contributed by atoms with Crippen LogP contribution >= 0.6 is 0 Å². The quantitative estimate of drug-likeness (QED) is 0.589. The van der Waals surface area contributed by atoms with Crippen LogP contribution < -0.4 is 10.1 Å². The summed E-state index contributed by atoms with van der Waals surface area (Å²) in [6.45, 7) is 11.7. The Kier molecular flexibility index (Phi) is 6.36. The molecule has 1 aliphatic heterocycles. The van der Waals surface area contributed by atoms with Gasteiger partial charge in [0.25, 0.3) is 0 Å². The molecule has 6 nitrogen and oxygen atoms in total. The van der Waals surface area contributed by atoms with Crippen LogP contribution in [-0.2, 0) is 0 Å². The van der Waals surface area contributed by atoms with Crippen molar-refractivity contribution >= 4 is 12.2 Å². The molecule has 0 aliphatic carbocycles. The number of aliphatic hydroxyl groups excluding tert-OH is 1. The summed E-state index contributed by atoms with van der Waals surface area (Å²) in [6.07, 6.45) is 1.62. The molecule has 1 aromatic carbocycles. The third kappa shape index (κ3) is 4.93. The zero-order valence-corrected chi connectivity index (χ0v) is 15.2. The number of benzene rings is 1. The van der Waals surface area contributed by atoms with Crippen molar-refractivity contribution in [1.82, 2.24) is 10.2 Å². The van der Waals surface area contributed by atoms with E-state index in [-0.39, 0.29) is 6.04 Å². The van der Waals surface area contributed by atoms with Crippen LogP contribution in [0.25, 0.3) is 0 Å². The standard InChI is InChI=1S/C19H26N4O2/c1-6-17(24)21-15(5)22-19-18(20-12-23(19)13(2)3)14(4)25-16-10-8-7-9-11-16/h7-13,17,21,24H,5-6H2,1-4H3/b18-14-,22-19+/t17-/m1/s1. The Morgan fingerprint density at radius 2 is 2.04 bits per heavy atom. The van der Waals surface area contributed by atoms with Gasteiger partial charge in [0.1, 0.15) is 29.3 Å². The normalized spacial score (nSPS) is 18.6. The van der Waals surface area contributed by atoms with E-state index in [0.717, 1.165) is 5.75 Å². The van der Waals surface area contributed by atoms with Gasteiger partial charge in [-0.2, -0.15) is 0 Å². The van der Waals surface area contributed by atoms with E-state index in [0.29, 0.717) is 29.5 Å². The van der Waals surface area contributed by atoms with Crippen LogP contribution in [-0.4, -0.2) is 34.5 Å². The van der Waals surface area contributed by atoms with E-state index in [1.807, 2.05) is 49.1 Å². The highest BCUT2D eigenvalue weighted by molar-refractivity contribution is 6.09. The number of hydrogen-bond donors (Lipinski definition) is 2. The minimum Gasteiger partial charge on any atom is -0.460 e. The van der Waals surface area contributed by atoms with Crippen LogP contribution in [0, 0.1) is 0 Å². The van der Waals surface area contributed by atoms with Crippen LogP contribution in [0.3, 0.4) is 0 Å². The molecule has 25 heavy (non-hydrogen) atoms. The molecule has 0 radical (unpaired) electrons. The first-order valence-corrected chi connectivity index (χ1v) is 8.41. The molecule has 0 saturated carbocycles. The molecule has 0 bridgehead atoms. The topological polar surface area (TPSA) is 69.5 Å². The maximum Gasteiger partial charge on any atom is 0.165 e. The van der Waals surface area contributed by atoms with Gasteiger partial charge in [-0.15, -0.1) is 0 Å². The Morgan fingerprint density at radius 1 is 1.36 bits per heavy atom. The highest BCUT2D eigenvalue weighted by Crippen LogP contribution is 2.22. The largest absolute Gasteiger partial charge is 0.460 e. The summed E-state index contributed by atoms with van der Waals surface area (Å²) < 4.78 is 5.90. The summed E-state index contributed by atoms with van der Waals surface area (Å²) in [7, 11) is 0. The van der Waals surface area contributed by atoms with Crippen molar-refractivity contribution in [2.24, 2.45) is 9.98 Å². The minimum atomic E-state index is -0.680. The number of allylic oxidation sites excluding steroid dienone is 1. The lowest BCUT2D eigenvalue weighted by Gasteiger charge is -2.21. The average molecular weight is 342 g/mol. The van der Waals surface area contributed by atoms with Crippen LogP contribution in [0.15, 0.2) is 64.2 Å². The van der Waals surface area contributed by atoms with E-state index < -0.39 is 6.23 Å². The van der Waals surface area contributed by atoms with Gasteiger partial charge in [-0.05, 0) is 39.3 Å². The zero-order chi connectivity index (χ0) is 18.4. The molecule has 1 heterocycles. The van der Waals surface area contributed by atoms with Gasteiger partial charge in [0, 0.05) is 6.04 Å². The number of amidine groups is 1. The third-order valence-corrected chi connectivity index (χ3v) is 3.63. The van der Waals surface area contributed by atoms with Crippen molar-refractivity contribution in [1.29, 1.82) is 0 Å². The first-order valence-electron chi connectivity index (χ1n) is 8.41. The first kappa shape index (κ1) is 18.7. The third-order valence-electron chi connectivity index (χ3n) is 3.63. The first-order chi connectivity index (χ1) is 11.9. The maximum atomic E-state index is 9.72. The van der Waals surface area contributed by atoms with Crippen molar-refractivity contribution < 1.29 is 9.84 Å². The zero-order valence-electron chi connectivity index (χ0n) is 15.2. The molecule has 0 unspecified atom stereocenters. The molecule has 134 valence electrons. The number of aliphatic imine (C=N–C) groups is 2. The van der Waals surface area contributed by atoms with E-state index in [9.17, 15) is 5.11 Å². The maximum absolute atomic E-state index is 9.72. The highest BCUT2D eigenvalue weighted by atomic mass is 16.5. The Hall–Kier alpha value is -2.60. The fourth-order valence-electron chi connectivity index (χ4n) is 2.26. The SMILES string of the molecule is C=C(/N=C1\C(=C(/C)Oc2ccccc2)N=CN1C(C)C)N[C@H](O)CC. The summed E-state index contributed by atoms with van der Waals surface area (Å²) in [6, 6.07) is 9.71. The lowest BCUT2D eigenvalue weighted by molar-refractivity contribution is 0.145. The second-order valence-electron chi connectivity index (χ2n) is 6.02.